The molecule has 0 nitrogen and oxygen atoms in total. The number of allylic oxidation sites excluding steroid dienone is 9. The van der Waals surface area contributed by atoms with Crippen molar-refractivity contribution in [2.75, 3.05) is 0 Å². The fraction of sp³-hybridized carbons (Fsp3) is 0.182. The van der Waals surface area contributed by atoms with Gasteiger partial charge in [0.1, 0.15) is 0 Å². The van der Waals surface area contributed by atoms with Crippen molar-refractivity contribution in [3.8, 4) is 12.3 Å². The fourth-order valence-corrected chi connectivity index (χ4v) is 4.51. The maximum absolute atomic E-state index is 4.60. The van der Waals surface area contributed by atoms with Crippen LogP contribution >= 0.6 is 0 Å². The van der Waals surface area contributed by atoms with Crippen molar-refractivity contribution < 1.29 is 0 Å². The third kappa shape index (κ3) is 5.00. The molecule has 0 saturated heterocycles. The molecule has 0 aromatic heterocycles. The third-order valence-corrected chi connectivity index (χ3v) is 5.65. The van der Waals surface area contributed by atoms with Gasteiger partial charge in [-0.3, -0.25) is 0 Å². The fourth-order valence-electron chi connectivity index (χ4n) is 2.55. The van der Waals surface area contributed by atoms with Gasteiger partial charge < -0.3 is 0 Å². The minimum atomic E-state index is 0.422. The Morgan fingerprint density at radius 1 is 1.09 bits per heavy atom. The minimum absolute atomic E-state index is 0.422. The van der Waals surface area contributed by atoms with Crippen LogP contribution in [0.4, 0.5) is 0 Å². The van der Waals surface area contributed by atoms with Gasteiger partial charge >= 0.3 is 127 Å². The van der Waals surface area contributed by atoms with E-state index in [1.54, 1.807) is 11.4 Å². The summed E-state index contributed by atoms with van der Waals surface area (Å²) in [6.45, 7) is 3.83. The molecule has 116 valence electrons. The molecule has 23 heavy (non-hydrogen) atoms. The molecule has 1 aliphatic heterocycles. The molecule has 0 amide bonds. The van der Waals surface area contributed by atoms with Gasteiger partial charge in [0.05, 0.1) is 0 Å². The zero-order chi connectivity index (χ0) is 16.5. The van der Waals surface area contributed by atoms with E-state index in [1.807, 2.05) is 0 Å². The second-order valence-electron chi connectivity index (χ2n) is 5.37. The molecule has 1 aromatic carbocycles. The van der Waals surface area contributed by atoms with Crippen molar-refractivity contribution in [3.63, 3.8) is 0 Å². The van der Waals surface area contributed by atoms with Crippen molar-refractivity contribution in [3.05, 3.63) is 82.4 Å². The molecule has 0 radical (unpaired) electrons. The number of hydrogen-bond acceptors (Lipinski definition) is 0. The molecular formula is C22H22Se. The van der Waals surface area contributed by atoms with E-state index in [4.69, 9.17) is 0 Å². The van der Waals surface area contributed by atoms with Gasteiger partial charge in [0.15, 0.2) is 0 Å². The van der Waals surface area contributed by atoms with E-state index in [1.165, 1.54) is 22.3 Å². The van der Waals surface area contributed by atoms with Crippen molar-refractivity contribution in [2.24, 2.45) is 0 Å². The predicted octanol–water partition coefficient (Wildman–Crippen LogP) is 4.57. The maximum atomic E-state index is 4.60. The van der Waals surface area contributed by atoms with Crippen LogP contribution < -0.4 is 4.46 Å². The van der Waals surface area contributed by atoms with E-state index >= 15 is 0 Å². The number of hydrogen-bond donors (Lipinski definition) is 0. The first-order valence-electron chi connectivity index (χ1n) is 7.78. The van der Waals surface area contributed by atoms with Crippen molar-refractivity contribution in [1.82, 2.24) is 0 Å². The summed E-state index contributed by atoms with van der Waals surface area (Å²) < 4.78 is 1.55. The van der Waals surface area contributed by atoms with E-state index in [0.717, 1.165) is 12.8 Å². The molecule has 2 aliphatic rings. The number of terminal acetylenes is 1. The van der Waals surface area contributed by atoms with Gasteiger partial charge in [0.25, 0.3) is 0 Å². The van der Waals surface area contributed by atoms with Gasteiger partial charge in [-0.15, -0.1) is 12.3 Å². The average Bonchev–Trinajstić information content (AvgIpc) is 2.73. The summed E-state index contributed by atoms with van der Waals surface area (Å²) in [5.74, 6) is 2.25. The molecule has 0 fully saturated rings. The Hall–Kier alpha value is -2.00. The Morgan fingerprint density at radius 2 is 1.87 bits per heavy atom. The Balaban J connectivity index is 0.000000595. The van der Waals surface area contributed by atoms with E-state index in [2.05, 4.69) is 85.0 Å². The SMILES string of the molecule is C#CC.CC1=CC=CCC(c2cccc3c2[Se]/C=C\C=C/C3)=C1. The summed E-state index contributed by atoms with van der Waals surface area (Å²) in [4.78, 5) is 2.32. The summed E-state index contributed by atoms with van der Waals surface area (Å²) in [5.41, 5.74) is 5.71. The third-order valence-electron chi connectivity index (χ3n) is 3.53. The molecule has 0 saturated carbocycles. The van der Waals surface area contributed by atoms with Gasteiger partial charge in [-0.1, -0.05) is 0 Å². The van der Waals surface area contributed by atoms with E-state index < -0.39 is 0 Å². The summed E-state index contributed by atoms with van der Waals surface area (Å²) in [5, 5.41) is 0. The predicted molar refractivity (Wildman–Crippen MR) is 104 cm³/mol. The first kappa shape index (κ1) is 17.4. The molecule has 0 unspecified atom stereocenters. The number of fused-ring (bicyclic) bond motifs is 1. The first-order chi connectivity index (χ1) is 11.3. The van der Waals surface area contributed by atoms with Crippen LogP contribution in [0.5, 0.6) is 0 Å². The van der Waals surface area contributed by atoms with Gasteiger partial charge in [0.2, 0.25) is 0 Å². The molecule has 3 rings (SSSR count). The summed E-state index contributed by atoms with van der Waals surface area (Å²) in [6, 6.07) is 6.77. The molecule has 0 N–H and O–H groups in total. The molecule has 0 bridgehead atoms. The van der Waals surface area contributed by atoms with Crippen LogP contribution in [-0.2, 0) is 6.42 Å². The van der Waals surface area contributed by atoms with E-state index in [-0.39, 0.29) is 0 Å². The van der Waals surface area contributed by atoms with Gasteiger partial charge in [0, 0.05) is 0 Å². The molecule has 1 aromatic rings. The Morgan fingerprint density at radius 3 is 2.70 bits per heavy atom. The average molecular weight is 365 g/mol. The van der Waals surface area contributed by atoms with Crippen LogP contribution in [0.3, 0.4) is 0 Å². The molecular weight excluding hydrogens is 343 g/mol. The molecule has 0 atom stereocenters. The Labute approximate surface area is 146 Å². The second kappa shape index (κ2) is 9.21. The zero-order valence-electron chi connectivity index (χ0n) is 13.8. The van der Waals surface area contributed by atoms with E-state index in [0.29, 0.717) is 15.0 Å². The van der Waals surface area contributed by atoms with Crippen LogP contribution in [0.15, 0.2) is 71.3 Å². The van der Waals surface area contributed by atoms with Crippen LogP contribution in [0, 0.1) is 12.3 Å². The molecule has 0 spiro atoms. The summed E-state index contributed by atoms with van der Waals surface area (Å²) in [6.07, 6.45) is 22.2. The Bertz CT molecular complexity index is 734. The van der Waals surface area contributed by atoms with Crippen molar-refractivity contribution >= 4 is 25.0 Å². The van der Waals surface area contributed by atoms with Crippen LogP contribution in [0.1, 0.15) is 31.4 Å². The molecule has 1 heteroatoms. The van der Waals surface area contributed by atoms with E-state index in [9.17, 15) is 0 Å². The monoisotopic (exact) mass is 366 g/mol. The van der Waals surface area contributed by atoms with Crippen molar-refractivity contribution in [2.45, 2.75) is 26.7 Å². The quantitative estimate of drug-likeness (QED) is 0.505. The van der Waals surface area contributed by atoms with Crippen LogP contribution in [0.25, 0.3) is 5.57 Å². The van der Waals surface area contributed by atoms with Crippen molar-refractivity contribution in [1.29, 1.82) is 0 Å². The molecule has 1 heterocycles. The van der Waals surface area contributed by atoms with Gasteiger partial charge in [-0.2, -0.15) is 0 Å². The van der Waals surface area contributed by atoms with Gasteiger partial charge in [-0.05, 0) is 6.92 Å². The van der Waals surface area contributed by atoms with Crippen LogP contribution in [0.2, 0.25) is 0 Å². The zero-order valence-corrected chi connectivity index (χ0v) is 15.5. The summed E-state index contributed by atoms with van der Waals surface area (Å²) in [7, 11) is 0. The second-order valence-corrected chi connectivity index (χ2v) is 7.30. The van der Waals surface area contributed by atoms with Crippen LogP contribution in [-0.4, -0.2) is 15.0 Å². The molecule has 1 aliphatic carbocycles. The topological polar surface area (TPSA) is 0 Å². The standard InChI is InChI=1S/C19H18Se.C3H4/c1-15-8-4-5-10-17(14-15)18-12-7-11-16-9-3-2-6-13-20-19(16)18;1-3-2/h2-8,11-14H,9-10H2,1H3;1H,2H3/b3-2-,13-6-;. The normalized spacial score (nSPS) is 18.5. The summed E-state index contributed by atoms with van der Waals surface area (Å²) >= 11 is 0.422. The number of benzene rings is 1. The Kier molecular flexibility index (Phi) is 6.95. The van der Waals surface area contributed by atoms with Gasteiger partial charge in [-0.25, -0.2) is 0 Å². The first-order valence-corrected chi connectivity index (χ1v) is 9.62. The number of rotatable bonds is 1.